The minimum Gasteiger partial charge on any atom is -0.264 e. The molecule has 0 aliphatic heterocycles. The molecule has 0 aliphatic carbocycles. The Balaban J connectivity index is 0.000000108. The summed E-state index contributed by atoms with van der Waals surface area (Å²) in [5.74, 6) is 0.680. The summed E-state index contributed by atoms with van der Waals surface area (Å²) in [6.45, 7) is 0. The van der Waals surface area contributed by atoms with Crippen molar-refractivity contribution in [3.05, 3.63) is 395 Å². The Bertz CT molecular complexity index is 7510. The molecular formula is C105H65N9. The molecule has 0 unspecified atom stereocenters. The zero-order chi connectivity index (χ0) is 75.4. The molecule has 0 atom stereocenters. The van der Waals surface area contributed by atoms with Gasteiger partial charge in [-0.05, 0) is 234 Å². The fourth-order valence-electron chi connectivity index (χ4n) is 16.6. The Hall–Kier alpha value is -15.5. The first-order valence-electron chi connectivity index (χ1n) is 38.2. The van der Waals surface area contributed by atoms with Crippen molar-refractivity contribution in [1.29, 1.82) is 0 Å². The van der Waals surface area contributed by atoms with Crippen LogP contribution in [0.1, 0.15) is 0 Å². The molecule has 0 radical (unpaired) electrons. The molecular weight excluding hydrogens is 1390 g/mol. The monoisotopic (exact) mass is 1450 g/mol. The maximum absolute atomic E-state index is 4.98. The number of aromatic nitrogens is 9. The Kier molecular flexibility index (Phi) is 16.7. The third kappa shape index (κ3) is 12.2. The van der Waals surface area contributed by atoms with E-state index in [1.165, 1.54) is 125 Å². The molecule has 0 N–H and O–H groups in total. The van der Waals surface area contributed by atoms with Crippen LogP contribution in [-0.4, -0.2) is 44.9 Å². The van der Waals surface area contributed by atoms with Gasteiger partial charge in [-0.25, -0.2) is 15.0 Å². The van der Waals surface area contributed by atoms with E-state index in [1.54, 1.807) is 0 Å². The SMILES string of the molecule is c1cc(-c2ccc3cnccc3c2)cc(-c2ccc3c4ccccc4c4ccccc4c3c2)c1.c1ccc(-c2ccnc(-c3ccc4c5ccc(-c6cc(-c7ccccn7)ccn6)cc5c5ccccc5c4c3)c2)nc1.c1cnc2c(c1)ccc1ccc(-c3ccnc(-c4ccc5c6ccccc6c6ccccc6c5c4)n3)nc12. The quantitative estimate of drug-likeness (QED) is 0.137. The Labute approximate surface area is 655 Å². The highest BCUT2D eigenvalue weighted by molar-refractivity contribution is 6.28. The maximum atomic E-state index is 4.98. The van der Waals surface area contributed by atoms with Crippen LogP contribution >= 0.6 is 0 Å². The molecule has 0 amide bonds. The van der Waals surface area contributed by atoms with Crippen LogP contribution in [0.4, 0.5) is 0 Å². The molecule has 0 bridgehead atoms. The molecule has 9 heteroatoms. The molecule has 0 saturated carbocycles. The topological polar surface area (TPSA) is 116 Å². The van der Waals surface area contributed by atoms with Gasteiger partial charge < -0.3 is 0 Å². The van der Waals surface area contributed by atoms with Crippen molar-refractivity contribution in [2.45, 2.75) is 0 Å². The summed E-state index contributed by atoms with van der Waals surface area (Å²) in [5.41, 5.74) is 17.3. The summed E-state index contributed by atoms with van der Waals surface area (Å²) in [4.78, 5) is 41.9. The Morgan fingerprint density at radius 2 is 0.526 bits per heavy atom. The smallest absolute Gasteiger partial charge is 0.159 e. The van der Waals surface area contributed by atoms with E-state index in [-0.39, 0.29) is 0 Å². The number of benzene rings is 15. The van der Waals surface area contributed by atoms with Crippen LogP contribution in [0.5, 0.6) is 0 Å². The van der Waals surface area contributed by atoms with Crippen LogP contribution in [0.25, 0.3) is 220 Å². The summed E-state index contributed by atoms with van der Waals surface area (Å²) in [6, 6.07) is 122. The highest BCUT2D eigenvalue weighted by Gasteiger charge is 2.18. The second-order valence-electron chi connectivity index (χ2n) is 28.8. The largest absolute Gasteiger partial charge is 0.264 e. The van der Waals surface area contributed by atoms with Gasteiger partial charge in [0.2, 0.25) is 0 Å². The van der Waals surface area contributed by atoms with E-state index in [0.29, 0.717) is 5.82 Å². The molecule has 23 rings (SSSR count). The molecule has 0 saturated heterocycles. The summed E-state index contributed by atoms with van der Waals surface area (Å²) in [7, 11) is 0. The minimum atomic E-state index is 0.680. The van der Waals surface area contributed by atoms with Crippen molar-refractivity contribution < 1.29 is 0 Å². The molecule has 0 fully saturated rings. The summed E-state index contributed by atoms with van der Waals surface area (Å²) in [5, 5.41) is 27.1. The van der Waals surface area contributed by atoms with Gasteiger partial charge in [-0.2, -0.15) is 0 Å². The minimum absolute atomic E-state index is 0.680. The Morgan fingerprint density at radius 3 is 1.04 bits per heavy atom. The number of hydrogen-bond acceptors (Lipinski definition) is 9. The van der Waals surface area contributed by atoms with Gasteiger partial charge in [0.1, 0.15) is 0 Å². The highest BCUT2D eigenvalue weighted by Crippen LogP contribution is 2.43. The molecule has 15 aromatic carbocycles. The highest BCUT2D eigenvalue weighted by atomic mass is 14.9. The molecule has 23 aromatic rings. The number of nitrogens with zero attached hydrogens (tertiary/aromatic N) is 9. The predicted octanol–water partition coefficient (Wildman–Crippen LogP) is 26.8. The second-order valence-corrected chi connectivity index (χ2v) is 28.8. The molecule has 8 aromatic heterocycles. The van der Waals surface area contributed by atoms with Crippen molar-refractivity contribution in [3.63, 3.8) is 0 Å². The predicted molar refractivity (Wildman–Crippen MR) is 473 cm³/mol. The third-order valence-electron chi connectivity index (χ3n) is 22.1. The van der Waals surface area contributed by atoms with Crippen LogP contribution in [0.15, 0.2) is 395 Å². The van der Waals surface area contributed by atoms with Crippen molar-refractivity contribution in [3.8, 4) is 90.1 Å². The van der Waals surface area contributed by atoms with Crippen LogP contribution in [0.2, 0.25) is 0 Å². The van der Waals surface area contributed by atoms with Gasteiger partial charge in [0.15, 0.2) is 5.82 Å². The normalized spacial score (nSPS) is 11.5. The zero-order valence-corrected chi connectivity index (χ0v) is 61.6. The number of hydrogen-bond donors (Lipinski definition) is 0. The molecule has 8 heterocycles. The Morgan fingerprint density at radius 1 is 0.149 bits per heavy atom. The van der Waals surface area contributed by atoms with Crippen LogP contribution < -0.4 is 0 Å². The lowest BCUT2D eigenvalue weighted by Gasteiger charge is -2.13. The maximum Gasteiger partial charge on any atom is 0.159 e. The van der Waals surface area contributed by atoms with Crippen molar-refractivity contribution in [2.75, 3.05) is 0 Å². The molecule has 530 valence electrons. The van der Waals surface area contributed by atoms with Crippen molar-refractivity contribution in [1.82, 2.24) is 44.9 Å². The zero-order valence-electron chi connectivity index (χ0n) is 61.6. The van der Waals surface area contributed by atoms with Gasteiger partial charge >= 0.3 is 0 Å². The van der Waals surface area contributed by atoms with Gasteiger partial charge in [-0.15, -0.1) is 0 Å². The van der Waals surface area contributed by atoms with Crippen LogP contribution in [0, 0.1) is 0 Å². The van der Waals surface area contributed by atoms with E-state index < -0.39 is 0 Å². The average molecular weight is 1450 g/mol. The van der Waals surface area contributed by atoms with E-state index in [0.717, 1.165) is 89.2 Å². The van der Waals surface area contributed by atoms with Crippen LogP contribution in [-0.2, 0) is 0 Å². The standard InChI is InChI=1S/C38H24N4.C34H20N4.C33H21N/c1-2-8-30-29(7-1)33-21-25(37-23-27(15-19-41-37)35-9-3-5-17-39-35)11-13-31(33)32-14-12-26(22-34(30)32)38-24-28(16-20-42-38)36-10-4-6-18-40-36;1-2-9-26-24(7-1)25-8-3-4-10-27(25)29-20-23(13-15-28(26)29)34-36-19-17-31(38-34)30-16-14-22-12-11-21-6-5-18-35-32(21)33(22)37-30;1-2-10-30-28(8-1)29-9-3-4-11-31(29)33-20-25(14-15-32(30)33)23-7-5-6-22(18-23)24-12-13-27-21-34-17-16-26(27)19-24/h1-24H;1-20H;1-21H. The van der Waals surface area contributed by atoms with E-state index >= 15 is 0 Å². The summed E-state index contributed by atoms with van der Waals surface area (Å²) >= 11 is 0. The third-order valence-corrected chi connectivity index (χ3v) is 22.1. The summed E-state index contributed by atoms with van der Waals surface area (Å²) in [6.07, 6.45) is 14.8. The first-order valence-corrected chi connectivity index (χ1v) is 38.2. The number of pyridine rings is 7. The van der Waals surface area contributed by atoms with E-state index in [1.807, 2.05) is 116 Å². The fourth-order valence-corrected chi connectivity index (χ4v) is 16.6. The average Bonchev–Trinajstić information content (AvgIpc) is 0.752. The van der Waals surface area contributed by atoms with Gasteiger partial charge in [-0.3, -0.25) is 29.9 Å². The van der Waals surface area contributed by atoms with Gasteiger partial charge in [0.05, 0.1) is 45.2 Å². The van der Waals surface area contributed by atoms with Gasteiger partial charge in [0, 0.05) is 93.6 Å². The fraction of sp³-hybridized carbons (Fsp3) is 0. The molecule has 0 spiro atoms. The lowest BCUT2D eigenvalue weighted by atomic mass is 9.91. The lowest BCUT2D eigenvalue weighted by molar-refractivity contribution is 1.17. The second kappa shape index (κ2) is 28.5. The van der Waals surface area contributed by atoms with Crippen LogP contribution in [0.3, 0.4) is 0 Å². The van der Waals surface area contributed by atoms with E-state index in [2.05, 4.69) is 304 Å². The number of rotatable bonds is 8. The van der Waals surface area contributed by atoms with Gasteiger partial charge in [0.25, 0.3) is 0 Å². The molecule has 114 heavy (non-hydrogen) atoms. The van der Waals surface area contributed by atoms with Crippen molar-refractivity contribution >= 4 is 130 Å². The lowest BCUT2D eigenvalue weighted by Crippen LogP contribution is -1.94. The van der Waals surface area contributed by atoms with Crippen molar-refractivity contribution in [2.24, 2.45) is 0 Å². The molecule has 0 aliphatic rings. The van der Waals surface area contributed by atoms with Gasteiger partial charge in [-0.1, -0.05) is 237 Å². The summed E-state index contributed by atoms with van der Waals surface area (Å²) < 4.78 is 0. The van der Waals surface area contributed by atoms with E-state index in [9.17, 15) is 0 Å². The van der Waals surface area contributed by atoms with E-state index in [4.69, 9.17) is 19.9 Å². The number of fused-ring (bicyclic) bond motifs is 22. The first-order chi connectivity index (χ1) is 56.5. The molecule has 9 nitrogen and oxygen atoms in total. The first kappa shape index (κ1) is 66.7.